The molecule has 4 atom stereocenters. The largest absolute Gasteiger partial charge is 0.416 e. The maximum Gasteiger partial charge on any atom is 0.200 e. The standard InChI is InChI=1S/C25H44O2Si.C25H42O2Si.CH5P/c2*1-11-25(10)15-21-14-19(8)22(20(9)23(21)24(25)26)12-13-27-28(16(2)3,17(4)5)18(6)7;1-2/h14,16-18,24,26H,11-13,15H2,1-10H3;14,16-18H,11-13,15H2,1-10H3;2H2,1H3/i;;2D. The number of benzene rings is 2. The Labute approximate surface area is 365 Å². The lowest BCUT2D eigenvalue weighted by atomic mass is 9.82. The lowest BCUT2D eigenvalue weighted by Gasteiger charge is -2.42. The number of aryl methyl sites for hydroxylation is 2. The van der Waals surface area contributed by atoms with E-state index < -0.39 is 16.6 Å². The number of aliphatic hydroxyl groups is 1. The number of hydrogen-bond acceptors (Lipinski definition) is 4. The third-order valence-corrected chi connectivity index (χ3v) is 27.6. The Morgan fingerprint density at radius 3 is 1.45 bits per heavy atom. The molecule has 1 N–H and O–H groups in total. The summed E-state index contributed by atoms with van der Waals surface area (Å²) in [5, 5.41) is 11.0. The Balaban J connectivity index is 0.000000381. The van der Waals surface area contributed by atoms with Crippen molar-refractivity contribution in [2.75, 3.05) is 19.9 Å². The van der Waals surface area contributed by atoms with E-state index in [-0.39, 0.29) is 16.9 Å². The van der Waals surface area contributed by atoms with Gasteiger partial charge >= 0.3 is 0 Å². The molecule has 0 radical (unpaired) electrons. The molecular weight excluding hydrogens is 764 g/mol. The van der Waals surface area contributed by atoms with Crippen molar-refractivity contribution in [3.05, 3.63) is 67.8 Å². The Morgan fingerprint density at radius 2 is 1.09 bits per heavy atom. The van der Waals surface area contributed by atoms with Crippen LogP contribution in [0, 0.1) is 38.5 Å². The first-order valence-corrected chi connectivity index (χ1v) is 28.4. The monoisotopic (exact) mass is 856 g/mol. The predicted molar refractivity (Wildman–Crippen MR) is 262 cm³/mol. The minimum atomic E-state index is -1.85. The van der Waals surface area contributed by atoms with Gasteiger partial charge in [0.2, 0.25) is 0 Å². The molecule has 2 aromatic carbocycles. The Kier molecular flexibility index (Phi) is 18.8. The average Bonchev–Trinajstić information content (AvgIpc) is 3.54. The molecule has 0 amide bonds. The Hall–Kier alpha value is -1.15. The molecule has 332 valence electrons. The van der Waals surface area contributed by atoms with Gasteiger partial charge in [0.1, 0.15) is 0 Å². The molecule has 2 aromatic rings. The zero-order chi connectivity index (χ0) is 45.6. The fourth-order valence-corrected chi connectivity index (χ4v) is 22.8. The SMILES string of the molecule is CCC1(C)Cc2cc(C)c(CCO[Si](C(C)C)(C(C)C)C(C)C)c(C)c2C1=O.CCC1(C)Cc2cc(C)c(CCO[Si](C(C)C)(C(C)C)C(C)C)c(C)c2C1O.[2H]PC. The lowest BCUT2D eigenvalue weighted by molar-refractivity contribution is 0.0493. The van der Waals surface area contributed by atoms with E-state index in [2.05, 4.69) is 151 Å². The second-order valence-corrected chi connectivity index (χ2v) is 31.5. The first-order chi connectivity index (χ1) is 27.3. The fourth-order valence-electron chi connectivity index (χ4n) is 11.9. The Morgan fingerprint density at radius 1 is 0.707 bits per heavy atom. The summed E-state index contributed by atoms with van der Waals surface area (Å²) in [5.41, 5.74) is 16.1. The fraction of sp³-hybridized carbons (Fsp3) is 0.745. The number of Topliss-reactive ketones (excluding diaryl/α,β-unsaturated/α-hetero) is 1. The molecule has 0 saturated carbocycles. The van der Waals surface area contributed by atoms with Crippen molar-refractivity contribution in [3.63, 3.8) is 0 Å². The summed E-state index contributed by atoms with van der Waals surface area (Å²) in [4.78, 5) is 13.1. The normalized spacial score (nSPS) is 21.1. The zero-order valence-electron chi connectivity index (χ0n) is 42.5. The van der Waals surface area contributed by atoms with Gasteiger partial charge in [0.15, 0.2) is 22.4 Å². The number of hydrogen-bond donors (Lipinski definition) is 1. The van der Waals surface area contributed by atoms with Crippen LogP contribution in [0.25, 0.3) is 0 Å². The van der Waals surface area contributed by atoms with Gasteiger partial charge in [0.25, 0.3) is 0 Å². The number of carbonyl (C=O) groups is 1. The minimum absolute atomic E-state index is 0.0242. The first-order valence-electron chi connectivity index (χ1n) is 23.6. The lowest BCUT2D eigenvalue weighted by Crippen LogP contribution is -2.48. The smallest absolute Gasteiger partial charge is 0.200 e. The second-order valence-electron chi connectivity index (χ2n) is 20.5. The maximum atomic E-state index is 13.1. The number of ketones is 1. The van der Waals surface area contributed by atoms with Crippen LogP contribution in [0.2, 0.25) is 33.2 Å². The van der Waals surface area contributed by atoms with E-state index >= 15 is 0 Å². The highest BCUT2D eigenvalue weighted by Gasteiger charge is 2.47. The van der Waals surface area contributed by atoms with Crippen LogP contribution >= 0.6 is 9.18 Å². The highest BCUT2D eigenvalue weighted by Crippen LogP contribution is 2.50. The van der Waals surface area contributed by atoms with Crippen molar-refractivity contribution in [2.24, 2.45) is 10.8 Å². The van der Waals surface area contributed by atoms with Crippen LogP contribution in [-0.2, 0) is 34.5 Å². The van der Waals surface area contributed by atoms with Crippen LogP contribution in [0.1, 0.15) is 190 Å². The highest BCUT2D eigenvalue weighted by atomic mass is 31.0. The quantitative estimate of drug-likeness (QED) is 0.135. The molecule has 0 heterocycles. The summed E-state index contributed by atoms with van der Waals surface area (Å²) in [6, 6.07) is 4.61. The highest BCUT2D eigenvalue weighted by molar-refractivity contribution is 7.15. The third-order valence-electron chi connectivity index (χ3n) is 15.4. The maximum absolute atomic E-state index is 13.1. The van der Waals surface area contributed by atoms with Crippen LogP contribution in [0.5, 0.6) is 0 Å². The third kappa shape index (κ3) is 10.2. The number of aliphatic hydroxyl groups excluding tert-OH is 1. The van der Waals surface area contributed by atoms with Gasteiger partial charge in [0.05, 0.1) is 7.38 Å². The topological polar surface area (TPSA) is 55.8 Å². The van der Waals surface area contributed by atoms with Crippen molar-refractivity contribution in [1.82, 2.24) is 0 Å². The second kappa shape index (κ2) is 21.3. The predicted octanol–water partition coefficient (Wildman–Crippen LogP) is 14.7. The van der Waals surface area contributed by atoms with Gasteiger partial charge in [-0.25, -0.2) is 0 Å². The van der Waals surface area contributed by atoms with Crippen LogP contribution in [0.4, 0.5) is 0 Å². The molecule has 0 aliphatic heterocycles. The number of rotatable bonds is 16. The van der Waals surface area contributed by atoms with Gasteiger partial charge in [-0.1, -0.05) is 130 Å². The molecular formula is C51H91O4PSi2. The average molecular weight is 856 g/mol. The summed E-state index contributed by atoms with van der Waals surface area (Å²) < 4.78 is 19.8. The molecule has 4 unspecified atom stereocenters. The summed E-state index contributed by atoms with van der Waals surface area (Å²) in [7, 11) is -3.34. The van der Waals surface area contributed by atoms with E-state index in [0.29, 0.717) is 48.2 Å². The van der Waals surface area contributed by atoms with E-state index in [9.17, 15) is 9.90 Å². The number of fused-ring (bicyclic) bond motifs is 2. The molecule has 4 rings (SSSR count). The van der Waals surface area contributed by atoms with Crippen LogP contribution in [0.3, 0.4) is 0 Å². The molecule has 0 saturated heterocycles. The van der Waals surface area contributed by atoms with Crippen molar-refractivity contribution >= 4 is 31.6 Å². The van der Waals surface area contributed by atoms with Gasteiger partial charge in [-0.15, -0.1) is 9.18 Å². The van der Waals surface area contributed by atoms with Gasteiger partial charge in [-0.3, -0.25) is 4.79 Å². The molecule has 0 spiro atoms. The molecule has 2 aliphatic rings. The Bertz CT molecular complexity index is 1660. The molecule has 0 fully saturated rings. The van der Waals surface area contributed by atoms with Crippen molar-refractivity contribution in [3.8, 4) is 0 Å². The molecule has 7 heteroatoms. The summed E-state index contributed by atoms with van der Waals surface area (Å²) >= 11 is 0. The van der Waals surface area contributed by atoms with E-state index in [4.69, 9.17) is 10.1 Å². The molecule has 2 aliphatic carbocycles. The van der Waals surface area contributed by atoms with E-state index in [1.54, 1.807) is 0 Å². The molecule has 4 nitrogen and oxygen atoms in total. The summed E-state index contributed by atoms with van der Waals surface area (Å²) in [5.74, 6) is 0.347. The van der Waals surface area contributed by atoms with Crippen LogP contribution < -0.4 is 0 Å². The van der Waals surface area contributed by atoms with Gasteiger partial charge < -0.3 is 14.0 Å². The van der Waals surface area contributed by atoms with Crippen molar-refractivity contribution < 1.29 is 18.8 Å². The molecule has 0 aromatic heterocycles. The van der Waals surface area contributed by atoms with Crippen molar-refractivity contribution in [1.29, 1.82) is 1.28 Å². The van der Waals surface area contributed by atoms with Gasteiger partial charge in [0, 0.05) is 29.6 Å². The minimum Gasteiger partial charge on any atom is -0.416 e. The molecule has 58 heavy (non-hydrogen) atoms. The first kappa shape index (κ1) is 51.2. The van der Waals surface area contributed by atoms with E-state index in [1.807, 2.05) is 6.66 Å². The van der Waals surface area contributed by atoms with Crippen LogP contribution in [0.15, 0.2) is 12.1 Å². The van der Waals surface area contributed by atoms with E-state index in [1.165, 1.54) is 50.1 Å². The summed E-state index contributed by atoms with van der Waals surface area (Å²) in [6.07, 6.45) is 5.29. The van der Waals surface area contributed by atoms with Gasteiger partial charge in [-0.2, -0.15) is 0 Å². The van der Waals surface area contributed by atoms with Crippen molar-refractivity contribution in [2.45, 2.75) is 216 Å². The number of carbonyl (C=O) groups excluding carboxylic acids is 1. The zero-order valence-corrected chi connectivity index (χ0v) is 44.5. The van der Waals surface area contributed by atoms with E-state index in [0.717, 1.165) is 57.3 Å². The van der Waals surface area contributed by atoms with Gasteiger partial charge in [-0.05, 0) is 150 Å². The summed E-state index contributed by atoms with van der Waals surface area (Å²) in [6.45, 7) is 48.9. The molecule has 0 bridgehead atoms. The van der Waals surface area contributed by atoms with Crippen LogP contribution in [-0.4, -0.2) is 48.7 Å².